The molecular formula is C30H41NO5Si. The Balaban J connectivity index is 1.72. The molecule has 2 heterocycles. The lowest BCUT2D eigenvalue weighted by Crippen LogP contribution is -2.68. The van der Waals surface area contributed by atoms with E-state index in [1.54, 1.807) is 0 Å². The summed E-state index contributed by atoms with van der Waals surface area (Å²) < 4.78 is 26.5. The van der Waals surface area contributed by atoms with Crippen molar-refractivity contribution >= 4 is 24.6 Å². The Morgan fingerprint density at radius 1 is 1.00 bits per heavy atom. The van der Waals surface area contributed by atoms with Crippen LogP contribution in [-0.2, 0) is 23.4 Å². The van der Waals surface area contributed by atoms with Gasteiger partial charge in [-0.15, -0.1) is 6.58 Å². The van der Waals surface area contributed by atoms with E-state index in [1.165, 1.54) is 17.3 Å². The third-order valence-corrected chi connectivity index (χ3v) is 12.3. The first-order valence-corrected chi connectivity index (χ1v) is 15.0. The number of hydrogen-bond acceptors (Lipinski definition) is 5. The molecule has 37 heavy (non-hydrogen) atoms. The lowest BCUT2D eigenvalue weighted by Gasteiger charge is -2.46. The van der Waals surface area contributed by atoms with E-state index in [0.29, 0.717) is 13.0 Å². The van der Waals surface area contributed by atoms with Gasteiger partial charge in [0, 0.05) is 6.92 Å². The minimum absolute atomic E-state index is 0.128. The van der Waals surface area contributed by atoms with Crippen molar-refractivity contribution in [3.05, 3.63) is 73.3 Å². The third kappa shape index (κ3) is 5.61. The first-order valence-electron chi connectivity index (χ1n) is 13.1. The Bertz CT molecular complexity index is 1030. The molecule has 0 saturated carbocycles. The summed E-state index contributed by atoms with van der Waals surface area (Å²) in [7, 11) is -2.76. The summed E-state index contributed by atoms with van der Waals surface area (Å²) >= 11 is 0. The molecule has 1 N–H and O–H groups in total. The average molecular weight is 524 g/mol. The van der Waals surface area contributed by atoms with E-state index in [4.69, 9.17) is 18.6 Å². The van der Waals surface area contributed by atoms with Crippen molar-refractivity contribution in [3.63, 3.8) is 0 Å². The average Bonchev–Trinajstić information content (AvgIpc) is 3.17. The van der Waals surface area contributed by atoms with Crippen LogP contribution in [0.4, 0.5) is 0 Å². The highest BCUT2D eigenvalue weighted by molar-refractivity contribution is 6.99. The number of rotatable bonds is 8. The van der Waals surface area contributed by atoms with Crippen LogP contribution in [0.3, 0.4) is 0 Å². The SMILES string of the molecule is C=CC[C@H]1O[C@H](CO[Si](c2ccccc2)(c2ccccc2)C(C)(C)C)[C@@H]2OC(C)(C)O[C@@H]2[C@H]1NC(C)=O. The maximum absolute atomic E-state index is 12.1. The summed E-state index contributed by atoms with van der Waals surface area (Å²) in [6.07, 6.45) is 0.988. The number of fused-ring (bicyclic) bond motifs is 1. The van der Waals surface area contributed by atoms with Gasteiger partial charge in [0.1, 0.15) is 18.3 Å². The number of carbonyl (C=O) groups is 1. The second-order valence-corrected chi connectivity index (χ2v) is 15.8. The van der Waals surface area contributed by atoms with Crippen LogP contribution in [0, 0.1) is 0 Å². The quantitative estimate of drug-likeness (QED) is 0.420. The second kappa shape index (κ2) is 10.8. The van der Waals surface area contributed by atoms with Gasteiger partial charge in [-0.25, -0.2) is 0 Å². The molecule has 2 aromatic rings. The standard InChI is InChI=1S/C30H41NO5Si/c1-8-15-24-26(31-21(2)32)28-27(35-30(6,7)36-28)25(34-24)20-33-37(29(3,4)5,22-16-11-9-12-17-22)23-18-13-10-14-19-23/h8-14,16-19,24-28H,1,15,20H2,2-7H3,(H,31,32)/t24-,25-,26+,27+,28-/m1/s1. The van der Waals surface area contributed by atoms with Crippen molar-refractivity contribution in [1.82, 2.24) is 5.32 Å². The molecule has 0 aliphatic carbocycles. The normalized spacial score (nSPS) is 27.4. The van der Waals surface area contributed by atoms with Crippen LogP contribution < -0.4 is 15.7 Å². The molecule has 2 aliphatic heterocycles. The molecule has 2 aromatic carbocycles. The predicted octanol–water partition coefficient (Wildman–Crippen LogP) is 3.93. The lowest BCUT2D eigenvalue weighted by molar-refractivity contribution is -0.167. The zero-order chi connectivity index (χ0) is 26.8. The van der Waals surface area contributed by atoms with Gasteiger partial charge in [0.2, 0.25) is 5.91 Å². The first-order chi connectivity index (χ1) is 17.5. The first kappa shape index (κ1) is 27.7. The van der Waals surface area contributed by atoms with Gasteiger partial charge in [-0.05, 0) is 35.7 Å². The van der Waals surface area contributed by atoms with Crippen molar-refractivity contribution in [3.8, 4) is 0 Å². The maximum atomic E-state index is 12.1. The number of carbonyl (C=O) groups excluding carboxylic acids is 1. The molecule has 2 aliphatic rings. The van der Waals surface area contributed by atoms with Gasteiger partial charge in [0.15, 0.2) is 5.79 Å². The van der Waals surface area contributed by atoms with Crippen molar-refractivity contribution in [2.24, 2.45) is 0 Å². The summed E-state index contributed by atoms with van der Waals surface area (Å²) in [6.45, 7) is 16.4. The molecule has 0 unspecified atom stereocenters. The van der Waals surface area contributed by atoms with E-state index in [1.807, 2.05) is 32.1 Å². The summed E-state index contributed by atoms with van der Waals surface area (Å²) in [6, 6.07) is 20.8. The Labute approximate surface area is 222 Å². The van der Waals surface area contributed by atoms with Crippen LogP contribution in [0.15, 0.2) is 73.3 Å². The molecule has 2 saturated heterocycles. The third-order valence-electron chi connectivity index (χ3n) is 7.28. The van der Waals surface area contributed by atoms with E-state index < -0.39 is 14.1 Å². The van der Waals surface area contributed by atoms with Gasteiger partial charge in [0.25, 0.3) is 8.32 Å². The fourth-order valence-electron chi connectivity index (χ4n) is 5.86. The highest BCUT2D eigenvalue weighted by atomic mass is 28.4. The molecule has 200 valence electrons. The van der Waals surface area contributed by atoms with E-state index in [9.17, 15) is 4.79 Å². The zero-order valence-electron chi connectivity index (χ0n) is 22.9. The molecule has 5 atom stereocenters. The van der Waals surface area contributed by atoms with Crippen LogP contribution in [-0.4, -0.2) is 57.1 Å². The molecule has 4 rings (SSSR count). The number of hydrogen-bond donors (Lipinski definition) is 1. The molecule has 1 amide bonds. The largest absolute Gasteiger partial charge is 0.405 e. The lowest BCUT2D eigenvalue weighted by atomic mass is 9.91. The van der Waals surface area contributed by atoms with E-state index >= 15 is 0 Å². The summed E-state index contributed by atoms with van der Waals surface area (Å²) in [4.78, 5) is 12.1. The second-order valence-electron chi connectivity index (χ2n) is 11.5. The van der Waals surface area contributed by atoms with Crippen molar-refractivity contribution in [2.45, 2.75) is 89.2 Å². The Hall–Kier alpha value is -2.29. The van der Waals surface area contributed by atoms with Gasteiger partial charge < -0.3 is 24.0 Å². The Morgan fingerprint density at radius 2 is 1.54 bits per heavy atom. The monoisotopic (exact) mass is 523 g/mol. The maximum Gasteiger partial charge on any atom is 0.261 e. The Kier molecular flexibility index (Phi) is 8.12. The fraction of sp³-hybridized carbons (Fsp3) is 0.500. The van der Waals surface area contributed by atoms with Crippen LogP contribution in [0.5, 0.6) is 0 Å². The minimum Gasteiger partial charge on any atom is -0.405 e. The van der Waals surface area contributed by atoms with Crippen molar-refractivity contribution in [2.75, 3.05) is 6.61 Å². The van der Waals surface area contributed by atoms with Crippen LogP contribution in [0.1, 0.15) is 48.0 Å². The van der Waals surface area contributed by atoms with Gasteiger partial charge in [0.05, 0.1) is 18.8 Å². The minimum atomic E-state index is -2.76. The van der Waals surface area contributed by atoms with E-state index in [2.05, 4.69) is 81.2 Å². The van der Waals surface area contributed by atoms with Gasteiger partial charge in [-0.2, -0.15) is 0 Å². The molecule has 0 bridgehead atoms. The smallest absolute Gasteiger partial charge is 0.261 e. The topological polar surface area (TPSA) is 66.0 Å². The fourth-order valence-corrected chi connectivity index (χ4v) is 10.4. The van der Waals surface area contributed by atoms with Crippen LogP contribution in [0.25, 0.3) is 0 Å². The van der Waals surface area contributed by atoms with E-state index in [-0.39, 0.29) is 41.4 Å². The highest BCUT2D eigenvalue weighted by Crippen LogP contribution is 2.41. The number of ether oxygens (including phenoxy) is 3. The zero-order valence-corrected chi connectivity index (χ0v) is 23.9. The van der Waals surface area contributed by atoms with Gasteiger partial charge in [-0.3, -0.25) is 4.79 Å². The summed E-state index contributed by atoms with van der Waals surface area (Å²) in [5.74, 6) is -0.926. The number of amides is 1. The molecule has 2 fully saturated rings. The molecule has 0 spiro atoms. The summed E-state index contributed by atoms with van der Waals surface area (Å²) in [5, 5.41) is 5.31. The van der Waals surface area contributed by atoms with Gasteiger partial charge in [-0.1, -0.05) is 87.5 Å². The van der Waals surface area contributed by atoms with Crippen LogP contribution in [0.2, 0.25) is 5.04 Å². The van der Waals surface area contributed by atoms with Gasteiger partial charge >= 0.3 is 0 Å². The van der Waals surface area contributed by atoms with E-state index in [0.717, 1.165) is 0 Å². The van der Waals surface area contributed by atoms with Crippen molar-refractivity contribution < 1.29 is 23.4 Å². The predicted molar refractivity (Wildman–Crippen MR) is 148 cm³/mol. The molecule has 0 aromatic heterocycles. The highest BCUT2D eigenvalue weighted by Gasteiger charge is 2.57. The molecule has 0 radical (unpaired) electrons. The summed E-state index contributed by atoms with van der Waals surface area (Å²) in [5.41, 5.74) is 0. The molecule has 6 nitrogen and oxygen atoms in total. The molecular weight excluding hydrogens is 482 g/mol. The van der Waals surface area contributed by atoms with Crippen LogP contribution >= 0.6 is 0 Å². The number of nitrogens with one attached hydrogen (secondary N) is 1. The Morgan fingerprint density at radius 3 is 2.03 bits per heavy atom. The van der Waals surface area contributed by atoms with Crippen molar-refractivity contribution in [1.29, 1.82) is 0 Å². The number of benzene rings is 2. The molecule has 7 heteroatoms.